The molecule has 0 aliphatic carbocycles. The van der Waals surface area contributed by atoms with Crippen LogP contribution in [0.2, 0.25) is 0 Å². The first-order valence-corrected chi connectivity index (χ1v) is 8.40. The second-order valence-electron chi connectivity index (χ2n) is 4.87. The van der Waals surface area contributed by atoms with Gasteiger partial charge in [-0.25, -0.2) is 13.1 Å². The van der Waals surface area contributed by atoms with Gasteiger partial charge in [0, 0.05) is 11.6 Å². The largest absolute Gasteiger partial charge is 0.434 e. The van der Waals surface area contributed by atoms with Gasteiger partial charge in [-0.1, -0.05) is 23.4 Å². The lowest BCUT2D eigenvalue weighted by atomic mass is 10.2. The predicted molar refractivity (Wildman–Crippen MR) is 83.4 cm³/mol. The normalized spacial score (nSPS) is 11.9. The number of benzene rings is 1. The first kappa shape index (κ1) is 18.6. The Morgan fingerprint density at radius 2 is 2.00 bits per heavy atom. The Kier molecular flexibility index (Phi) is 5.52. The highest BCUT2D eigenvalue weighted by Gasteiger charge is 2.25. The van der Waals surface area contributed by atoms with Crippen LogP contribution in [0.25, 0.3) is 6.08 Å². The fraction of sp³-hybridized carbons (Fsp3) is 0.200. The lowest BCUT2D eigenvalue weighted by Gasteiger charge is -2.07. The second kappa shape index (κ2) is 7.43. The van der Waals surface area contributed by atoms with E-state index in [2.05, 4.69) is 9.89 Å². The van der Waals surface area contributed by atoms with Crippen LogP contribution >= 0.6 is 0 Å². The van der Waals surface area contributed by atoms with Gasteiger partial charge < -0.3 is 9.26 Å². The highest BCUT2D eigenvalue weighted by molar-refractivity contribution is 7.90. The monoisotopic (exact) mass is 372 g/mol. The minimum atomic E-state index is -4.17. The summed E-state index contributed by atoms with van der Waals surface area (Å²) in [5.41, 5.74) is 0.296. The molecule has 0 bridgehead atoms. The van der Waals surface area contributed by atoms with Crippen molar-refractivity contribution >= 4 is 22.0 Å². The maximum Gasteiger partial charge on any atom is 0.387 e. The standard InChI is InChI=1S/C15H14F2N2O5S/c1-9-14(10(2)24-18-9)25(21,22)19-13(20)8-7-11-5-3-4-6-12(11)23-15(16)17/h3-8,15H,1-2H3,(H,19,20)/b8-7-. The molecule has 0 aliphatic rings. The fourth-order valence-electron chi connectivity index (χ4n) is 2.06. The number of ether oxygens (including phenoxy) is 1. The van der Waals surface area contributed by atoms with Gasteiger partial charge in [0.25, 0.3) is 15.9 Å². The zero-order valence-corrected chi connectivity index (χ0v) is 14.0. The SMILES string of the molecule is Cc1noc(C)c1S(=O)(=O)NC(=O)/C=C\c1ccccc1OC(F)F. The van der Waals surface area contributed by atoms with Crippen molar-refractivity contribution in [2.45, 2.75) is 25.4 Å². The number of rotatable bonds is 6. The first-order valence-electron chi connectivity index (χ1n) is 6.92. The molecule has 0 fully saturated rings. The van der Waals surface area contributed by atoms with Crippen LogP contribution in [0.1, 0.15) is 17.0 Å². The molecule has 2 rings (SSSR count). The Bertz CT molecular complexity index is 887. The molecule has 0 spiro atoms. The van der Waals surface area contributed by atoms with E-state index in [4.69, 9.17) is 4.52 Å². The lowest BCUT2D eigenvalue weighted by Crippen LogP contribution is -2.29. The molecule has 1 aromatic carbocycles. The topological polar surface area (TPSA) is 98.5 Å². The molecule has 7 nitrogen and oxygen atoms in total. The van der Waals surface area contributed by atoms with Gasteiger partial charge in [-0.3, -0.25) is 4.79 Å². The van der Waals surface area contributed by atoms with Crippen LogP contribution in [0.4, 0.5) is 8.78 Å². The molecule has 10 heteroatoms. The lowest BCUT2D eigenvalue weighted by molar-refractivity contribution is -0.114. The van der Waals surface area contributed by atoms with Crippen molar-refractivity contribution in [3.8, 4) is 5.75 Å². The molecule has 134 valence electrons. The van der Waals surface area contributed by atoms with Gasteiger partial charge in [0.2, 0.25) is 0 Å². The van der Waals surface area contributed by atoms with Gasteiger partial charge in [0.1, 0.15) is 11.4 Å². The van der Waals surface area contributed by atoms with Crippen LogP contribution in [0.5, 0.6) is 5.75 Å². The maximum absolute atomic E-state index is 12.3. The summed E-state index contributed by atoms with van der Waals surface area (Å²) in [5, 5.41) is 3.51. The number of alkyl halides is 2. The van der Waals surface area contributed by atoms with Crippen molar-refractivity contribution in [2.24, 2.45) is 0 Å². The van der Waals surface area contributed by atoms with E-state index >= 15 is 0 Å². The number of hydrogen-bond donors (Lipinski definition) is 1. The average Bonchev–Trinajstić information content (AvgIpc) is 2.85. The molecule has 2 aromatic rings. The molecule has 1 N–H and O–H groups in total. The number of halogens is 2. The molecule has 0 saturated carbocycles. The number of nitrogens with zero attached hydrogens (tertiary/aromatic N) is 1. The molecular formula is C15H14F2N2O5S. The van der Waals surface area contributed by atoms with Crippen molar-refractivity contribution < 1.29 is 31.3 Å². The third-order valence-electron chi connectivity index (χ3n) is 3.02. The van der Waals surface area contributed by atoms with Crippen molar-refractivity contribution in [1.29, 1.82) is 0 Å². The van der Waals surface area contributed by atoms with Crippen molar-refractivity contribution in [1.82, 2.24) is 9.88 Å². The van der Waals surface area contributed by atoms with E-state index in [1.54, 1.807) is 6.07 Å². The smallest absolute Gasteiger partial charge is 0.387 e. The first-order chi connectivity index (χ1) is 11.7. The molecule has 0 unspecified atom stereocenters. The Labute approximate surface area is 142 Å². The Morgan fingerprint density at radius 3 is 2.60 bits per heavy atom. The van der Waals surface area contributed by atoms with Crippen LogP contribution < -0.4 is 9.46 Å². The Morgan fingerprint density at radius 1 is 1.32 bits per heavy atom. The van der Waals surface area contributed by atoms with E-state index in [0.717, 1.165) is 12.2 Å². The maximum atomic E-state index is 12.3. The van der Waals surface area contributed by atoms with Crippen LogP contribution in [-0.2, 0) is 14.8 Å². The average molecular weight is 372 g/mol. The molecule has 0 saturated heterocycles. The number of carbonyl (C=O) groups excluding carboxylic acids is 1. The highest BCUT2D eigenvalue weighted by atomic mass is 32.2. The van der Waals surface area contributed by atoms with Gasteiger partial charge in [0.05, 0.1) is 0 Å². The summed E-state index contributed by atoms with van der Waals surface area (Å²) < 4.78 is 59.9. The van der Waals surface area contributed by atoms with E-state index in [1.165, 1.54) is 32.0 Å². The van der Waals surface area contributed by atoms with E-state index in [-0.39, 0.29) is 27.7 Å². The third kappa shape index (κ3) is 4.63. The minimum absolute atomic E-state index is 0.0393. The van der Waals surface area contributed by atoms with Gasteiger partial charge in [-0.05, 0) is 26.0 Å². The van der Waals surface area contributed by atoms with Crippen LogP contribution in [0, 0.1) is 13.8 Å². The summed E-state index contributed by atoms with van der Waals surface area (Å²) in [4.78, 5) is 11.6. The van der Waals surface area contributed by atoms with Crippen molar-refractivity contribution in [3.63, 3.8) is 0 Å². The van der Waals surface area contributed by atoms with Crippen molar-refractivity contribution in [2.75, 3.05) is 0 Å². The van der Waals surface area contributed by atoms with Crippen LogP contribution in [0.3, 0.4) is 0 Å². The minimum Gasteiger partial charge on any atom is -0.434 e. The van der Waals surface area contributed by atoms with Gasteiger partial charge in [-0.15, -0.1) is 0 Å². The summed E-state index contributed by atoms with van der Waals surface area (Å²) in [6, 6.07) is 5.77. The zero-order chi connectivity index (χ0) is 18.6. The van der Waals surface area contributed by atoms with Gasteiger partial charge >= 0.3 is 6.61 Å². The van der Waals surface area contributed by atoms with E-state index in [9.17, 15) is 22.0 Å². The molecule has 25 heavy (non-hydrogen) atoms. The number of hydrogen-bond acceptors (Lipinski definition) is 6. The van der Waals surface area contributed by atoms with Crippen LogP contribution in [-0.4, -0.2) is 26.1 Å². The van der Waals surface area contributed by atoms with E-state index < -0.39 is 22.5 Å². The Balaban J connectivity index is 2.17. The molecule has 0 atom stereocenters. The number of para-hydroxylation sites is 1. The zero-order valence-electron chi connectivity index (χ0n) is 13.2. The molecule has 1 heterocycles. The summed E-state index contributed by atoms with van der Waals surface area (Å²) in [6.07, 6.45) is 2.05. The number of aromatic nitrogens is 1. The van der Waals surface area contributed by atoms with Crippen LogP contribution in [0.15, 0.2) is 39.8 Å². The highest BCUT2D eigenvalue weighted by Crippen LogP contribution is 2.22. The summed E-state index contributed by atoms with van der Waals surface area (Å²) in [5.74, 6) is -1.07. The van der Waals surface area contributed by atoms with E-state index in [1.807, 2.05) is 4.72 Å². The number of carbonyl (C=O) groups is 1. The summed E-state index contributed by atoms with van der Waals surface area (Å²) in [7, 11) is -4.17. The number of amides is 1. The van der Waals surface area contributed by atoms with Crippen molar-refractivity contribution in [3.05, 3.63) is 47.4 Å². The van der Waals surface area contributed by atoms with Gasteiger partial charge in [0.15, 0.2) is 10.7 Å². The predicted octanol–water partition coefficient (Wildman–Crippen LogP) is 2.41. The second-order valence-corrected chi connectivity index (χ2v) is 6.49. The molecule has 0 radical (unpaired) electrons. The van der Waals surface area contributed by atoms with E-state index in [0.29, 0.717) is 0 Å². The number of nitrogens with one attached hydrogen (secondary N) is 1. The third-order valence-corrected chi connectivity index (χ3v) is 4.61. The molecule has 0 aliphatic heterocycles. The number of aryl methyl sites for hydroxylation is 2. The molecule has 1 aromatic heterocycles. The molecular weight excluding hydrogens is 358 g/mol. The quantitative estimate of drug-likeness (QED) is 0.782. The molecule has 1 amide bonds. The Hall–Kier alpha value is -2.75. The number of sulfonamides is 1. The summed E-state index contributed by atoms with van der Waals surface area (Å²) >= 11 is 0. The fourth-order valence-corrected chi connectivity index (χ4v) is 3.34. The van der Waals surface area contributed by atoms with Gasteiger partial charge in [-0.2, -0.15) is 8.78 Å². The summed E-state index contributed by atoms with van der Waals surface area (Å²) in [6.45, 7) is -0.209.